The number of fused-ring (bicyclic) bond motifs is 3. The quantitative estimate of drug-likeness (QED) is 0.400. The molecule has 2 amide bonds. The molecule has 3 atom stereocenters. The van der Waals surface area contributed by atoms with Crippen LogP contribution >= 0.6 is 0 Å². The van der Waals surface area contributed by atoms with E-state index in [1.807, 2.05) is 53.6 Å². The lowest BCUT2D eigenvalue weighted by Crippen LogP contribution is -2.53. The van der Waals surface area contributed by atoms with Gasteiger partial charge in [-0.25, -0.2) is 4.98 Å². The first-order chi connectivity index (χ1) is 19.0. The van der Waals surface area contributed by atoms with E-state index in [4.69, 9.17) is 10.8 Å². The topological polar surface area (TPSA) is 113 Å². The molecule has 3 N–H and O–H groups in total. The number of benzene rings is 2. The second-order valence-electron chi connectivity index (χ2n) is 10.5. The number of amides is 2. The van der Waals surface area contributed by atoms with Crippen LogP contribution in [-0.2, 0) is 4.79 Å². The van der Waals surface area contributed by atoms with Crippen LogP contribution in [0.5, 0.6) is 0 Å². The van der Waals surface area contributed by atoms with Crippen molar-refractivity contribution in [2.75, 3.05) is 11.9 Å². The van der Waals surface area contributed by atoms with Gasteiger partial charge in [-0.2, -0.15) is 10.8 Å². The van der Waals surface area contributed by atoms with Gasteiger partial charge >= 0.3 is 0 Å². The zero-order valence-corrected chi connectivity index (χ0v) is 21.3. The Kier molecular flexibility index (Phi) is 5.50. The Morgan fingerprint density at radius 1 is 1.05 bits per heavy atom. The SMILES string of the molecule is N[N+]12C=CN=CC1=C([C@@H]1CC[C@H]3CCC(=O)N3C1)N=C2c1ccc(C(=O)Nc2cc3ccccc3cn2)cc1. The monoisotopic (exact) mass is 518 g/mol. The third-order valence-electron chi connectivity index (χ3n) is 8.21. The largest absolute Gasteiger partial charge is 0.339 e. The van der Waals surface area contributed by atoms with Crippen LogP contribution in [0.4, 0.5) is 5.82 Å². The predicted octanol–water partition coefficient (Wildman–Crippen LogP) is 4.11. The molecule has 0 bridgehead atoms. The number of aliphatic imine (C=N–C) groups is 2. The first-order valence-corrected chi connectivity index (χ1v) is 13.3. The van der Waals surface area contributed by atoms with Gasteiger partial charge in [0.1, 0.15) is 17.7 Å². The van der Waals surface area contributed by atoms with Gasteiger partial charge in [0, 0.05) is 42.1 Å². The number of pyridine rings is 1. The highest BCUT2D eigenvalue weighted by Crippen LogP contribution is 2.40. The van der Waals surface area contributed by atoms with Crippen molar-refractivity contribution in [3.8, 4) is 0 Å². The number of nitrogens with zero attached hydrogens (tertiary/aromatic N) is 5. The highest BCUT2D eigenvalue weighted by Gasteiger charge is 2.47. The molecule has 4 aliphatic rings. The van der Waals surface area contributed by atoms with E-state index in [1.54, 1.807) is 30.7 Å². The highest BCUT2D eigenvalue weighted by molar-refractivity contribution is 6.06. The summed E-state index contributed by atoms with van der Waals surface area (Å²) in [6.45, 7) is 0.665. The van der Waals surface area contributed by atoms with Gasteiger partial charge < -0.3 is 10.2 Å². The number of allylic oxidation sites excluding steroid dienone is 1. The predicted molar refractivity (Wildman–Crippen MR) is 149 cm³/mol. The summed E-state index contributed by atoms with van der Waals surface area (Å²) < 4.78 is -0.0841. The average Bonchev–Trinajstić information content (AvgIpc) is 3.49. The summed E-state index contributed by atoms with van der Waals surface area (Å²) in [5.41, 5.74) is 3.04. The number of rotatable bonds is 4. The van der Waals surface area contributed by atoms with Crippen LogP contribution in [0, 0.1) is 5.92 Å². The molecule has 1 unspecified atom stereocenters. The Labute approximate surface area is 225 Å². The van der Waals surface area contributed by atoms with Crippen LogP contribution in [-0.4, -0.2) is 50.9 Å². The number of hydrogen-bond acceptors (Lipinski definition) is 6. The summed E-state index contributed by atoms with van der Waals surface area (Å²) in [6.07, 6.45) is 10.6. The molecule has 2 aromatic carbocycles. The molecule has 0 spiro atoms. The maximum atomic E-state index is 13.0. The minimum absolute atomic E-state index is 0.0841. The molecular weight excluding hydrogens is 490 g/mol. The number of aromatic nitrogens is 1. The molecule has 3 aromatic rings. The first kappa shape index (κ1) is 23.6. The molecular formula is C30H28N7O2+. The normalized spacial score (nSPS) is 25.6. The summed E-state index contributed by atoms with van der Waals surface area (Å²) in [4.78, 5) is 41.2. The van der Waals surface area contributed by atoms with E-state index >= 15 is 0 Å². The molecule has 2 fully saturated rings. The Balaban J connectivity index is 1.14. The van der Waals surface area contributed by atoms with E-state index in [1.165, 1.54) is 0 Å². The van der Waals surface area contributed by atoms with Crippen molar-refractivity contribution >= 4 is 40.5 Å². The van der Waals surface area contributed by atoms with Crippen molar-refractivity contribution in [2.24, 2.45) is 21.7 Å². The Morgan fingerprint density at radius 2 is 1.87 bits per heavy atom. The molecule has 0 saturated carbocycles. The van der Waals surface area contributed by atoms with Crippen LogP contribution in [0.15, 0.2) is 94.6 Å². The lowest BCUT2D eigenvalue weighted by atomic mass is 9.90. The zero-order chi connectivity index (χ0) is 26.6. The van der Waals surface area contributed by atoms with Crippen molar-refractivity contribution in [3.05, 3.63) is 95.7 Å². The van der Waals surface area contributed by atoms with Crippen LogP contribution in [0.3, 0.4) is 0 Å². The summed E-state index contributed by atoms with van der Waals surface area (Å²) in [7, 11) is 0. The second kappa shape index (κ2) is 9.07. The van der Waals surface area contributed by atoms with Gasteiger partial charge in [0.2, 0.25) is 11.6 Å². The van der Waals surface area contributed by atoms with E-state index < -0.39 is 0 Å². The maximum absolute atomic E-state index is 13.0. The molecule has 5 heterocycles. The summed E-state index contributed by atoms with van der Waals surface area (Å²) in [6, 6.07) is 17.4. The fraction of sp³-hybridized carbons (Fsp3) is 0.233. The standard InChI is InChI=1S/C30H27N7O2/c31-37-14-13-32-17-25(37)28(23-9-10-24-11-12-27(38)36(24)18-23)35-29(37)19-5-7-20(8-6-19)30(39)34-26-15-21-3-1-2-4-22(21)16-33-26/h1-8,13-17,23-24H,9-12,18,31H2/p+1/t23-,24+,37?/m1/s1. The number of anilines is 1. The Bertz CT molecular complexity index is 1640. The molecule has 7 rings (SSSR count). The molecule has 0 aliphatic carbocycles. The molecule has 0 radical (unpaired) electrons. The minimum Gasteiger partial charge on any atom is -0.339 e. The van der Waals surface area contributed by atoms with Crippen LogP contribution < -0.4 is 11.2 Å². The Hall–Kier alpha value is -4.47. The zero-order valence-electron chi connectivity index (χ0n) is 21.3. The molecule has 9 nitrogen and oxygen atoms in total. The van der Waals surface area contributed by atoms with E-state index in [-0.39, 0.29) is 22.3 Å². The second-order valence-corrected chi connectivity index (χ2v) is 10.5. The third kappa shape index (κ3) is 3.98. The maximum Gasteiger partial charge on any atom is 0.264 e. The average molecular weight is 519 g/mol. The smallest absolute Gasteiger partial charge is 0.264 e. The number of carbonyl (C=O) groups is 2. The van der Waals surface area contributed by atoms with Gasteiger partial charge in [-0.15, -0.1) is 4.59 Å². The molecule has 39 heavy (non-hydrogen) atoms. The summed E-state index contributed by atoms with van der Waals surface area (Å²) in [5, 5.41) is 4.91. The first-order valence-electron chi connectivity index (χ1n) is 13.3. The van der Waals surface area contributed by atoms with Gasteiger partial charge in [0.05, 0.1) is 18.0 Å². The third-order valence-corrected chi connectivity index (χ3v) is 8.21. The molecule has 9 heteroatoms. The number of hydrogen-bond donors (Lipinski definition) is 2. The number of piperidine rings is 1. The number of quaternary nitrogens is 1. The van der Waals surface area contributed by atoms with E-state index in [2.05, 4.69) is 15.3 Å². The van der Waals surface area contributed by atoms with Gasteiger partial charge in [-0.3, -0.25) is 14.6 Å². The highest BCUT2D eigenvalue weighted by atomic mass is 16.2. The lowest BCUT2D eigenvalue weighted by molar-refractivity contribution is -0.750. The fourth-order valence-electron chi connectivity index (χ4n) is 6.11. The molecule has 2 saturated heterocycles. The van der Waals surface area contributed by atoms with E-state index in [9.17, 15) is 9.59 Å². The number of nitrogens with one attached hydrogen (secondary N) is 1. The van der Waals surface area contributed by atoms with Gasteiger partial charge in [0.25, 0.3) is 11.7 Å². The molecule has 1 aromatic heterocycles. The van der Waals surface area contributed by atoms with Gasteiger partial charge in [-0.05, 0) is 55.0 Å². The minimum atomic E-state index is -0.245. The van der Waals surface area contributed by atoms with Crippen molar-refractivity contribution in [2.45, 2.75) is 31.7 Å². The van der Waals surface area contributed by atoms with Crippen molar-refractivity contribution in [3.63, 3.8) is 0 Å². The van der Waals surface area contributed by atoms with Crippen LogP contribution in [0.2, 0.25) is 0 Å². The fourth-order valence-corrected chi connectivity index (χ4v) is 6.11. The van der Waals surface area contributed by atoms with Crippen molar-refractivity contribution in [1.82, 2.24) is 9.88 Å². The van der Waals surface area contributed by atoms with Crippen LogP contribution in [0.25, 0.3) is 10.8 Å². The summed E-state index contributed by atoms with van der Waals surface area (Å²) in [5.74, 6) is 8.18. The van der Waals surface area contributed by atoms with Crippen molar-refractivity contribution < 1.29 is 14.2 Å². The summed E-state index contributed by atoms with van der Waals surface area (Å²) >= 11 is 0. The van der Waals surface area contributed by atoms with Gasteiger partial charge in [0.15, 0.2) is 0 Å². The number of nitrogens with two attached hydrogens (primary N) is 1. The number of amidine groups is 1. The van der Waals surface area contributed by atoms with Crippen LogP contribution in [0.1, 0.15) is 41.6 Å². The van der Waals surface area contributed by atoms with Crippen molar-refractivity contribution in [1.29, 1.82) is 0 Å². The van der Waals surface area contributed by atoms with E-state index in [0.717, 1.165) is 47.0 Å². The van der Waals surface area contributed by atoms with Gasteiger partial charge in [-0.1, -0.05) is 24.3 Å². The molecule has 194 valence electrons. The van der Waals surface area contributed by atoms with E-state index in [0.29, 0.717) is 36.2 Å². The lowest BCUT2D eigenvalue weighted by Gasteiger charge is -2.35. The Morgan fingerprint density at radius 3 is 2.72 bits per heavy atom. The molecule has 4 aliphatic heterocycles. The number of carbonyl (C=O) groups excluding carboxylic acids is 2.